The third-order valence-corrected chi connectivity index (χ3v) is 4.91. The summed E-state index contributed by atoms with van der Waals surface area (Å²) in [6, 6.07) is 8.22. The van der Waals surface area contributed by atoms with Crippen LogP contribution in [-0.4, -0.2) is 24.8 Å². The average molecular weight is 307 g/mol. The zero-order valence-electron chi connectivity index (χ0n) is 12.8. The quantitative estimate of drug-likeness (QED) is 0.835. The Morgan fingerprint density at radius 3 is 2.38 bits per heavy atom. The van der Waals surface area contributed by atoms with E-state index in [0.29, 0.717) is 11.8 Å². The van der Waals surface area contributed by atoms with Crippen LogP contribution < -0.4 is 10.1 Å². The molecule has 21 heavy (non-hydrogen) atoms. The lowest BCUT2D eigenvalue weighted by atomic mass is 9.97. The molecule has 1 aliphatic carbocycles. The Morgan fingerprint density at radius 2 is 1.76 bits per heavy atom. The maximum atomic E-state index is 12.0. The number of thioether (sulfide) groups is 1. The van der Waals surface area contributed by atoms with Gasteiger partial charge in [0.25, 0.3) is 0 Å². The molecule has 1 aromatic carbocycles. The van der Waals surface area contributed by atoms with E-state index in [0.717, 1.165) is 23.5 Å². The lowest BCUT2D eigenvalue weighted by Gasteiger charge is -2.20. The van der Waals surface area contributed by atoms with Crippen LogP contribution in [0.25, 0.3) is 0 Å². The molecule has 1 fully saturated rings. The van der Waals surface area contributed by atoms with Gasteiger partial charge in [-0.25, -0.2) is 0 Å². The largest absolute Gasteiger partial charge is 0.497 e. The molecule has 0 aromatic heterocycles. The number of benzene rings is 1. The van der Waals surface area contributed by atoms with E-state index < -0.39 is 0 Å². The molecule has 0 unspecified atom stereocenters. The van der Waals surface area contributed by atoms with E-state index in [4.69, 9.17) is 4.74 Å². The Labute approximate surface area is 131 Å². The third-order valence-electron chi connectivity index (χ3n) is 3.90. The van der Waals surface area contributed by atoms with Gasteiger partial charge in [-0.1, -0.05) is 32.1 Å². The van der Waals surface area contributed by atoms with Crippen LogP contribution in [0, 0.1) is 0 Å². The van der Waals surface area contributed by atoms with Crippen LogP contribution >= 0.6 is 11.8 Å². The second-order valence-corrected chi connectivity index (χ2v) is 6.62. The minimum Gasteiger partial charge on any atom is -0.497 e. The molecule has 2 rings (SSSR count). The zero-order chi connectivity index (χ0) is 14.9. The number of methoxy groups -OCH3 is 1. The van der Waals surface area contributed by atoms with E-state index in [9.17, 15) is 4.79 Å². The molecule has 4 heteroatoms. The lowest BCUT2D eigenvalue weighted by molar-refractivity contribution is -0.119. The van der Waals surface area contributed by atoms with Gasteiger partial charge in [0.2, 0.25) is 5.91 Å². The minimum atomic E-state index is 0.154. The molecule has 1 aliphatic rings. The summed E-state index contributed by atoms with van der Waals surface area (Å²) in [5.41, 5.74) is 0. The first-order valence-electron chi connectivity index (χ1n) is 7.84. The molecule has 0 radical (unpaired) electrons. The molecule has 0 saturated heterocycles. The second-order valence-electron chi connectivity index (χ2n) is 5.57. The van der Waals surface area contributed by atoms with Crippen LogP contribution in [0.5, 0.6) is 5.75 Å². The predicted molar refractivity (Wildman–Crippen MR) is 88.0 cm³/mol. The van der Waals surface area contributed by atoms with Crippen molar-refractivity contribution in [2.24, 2.45) is 0 Å². The van der Waals surface area contributed by atoms with Crippen molar-refractivity contribution in [2.75, 3.05) is 12.9 Å². The van der Waals surface area contributed by atoms with Gasteiger partial charge in [0, 0.05) is 10.9 Å². The zero-order valence-corrected chi connectivity index (χ0v) is 13.6. The van der Waals surface area contributed by atoms with Crippen molar-refractivity contribution in [3.63, 3.8) is 0 Å². The second kappa shape index (κ2) is 8.98. The van der Waals surface area contributed by atoms with E-state index >= 15 is 0 Å². The van der Waals surface area contributed by atoms with Gasteiger partial charge < -0.3 is 10.1 Å². The van der Waals surface area contributed by atoms with Crippen LogP contribution in [0.15, 0.2) is 29.2 Å². The van der Waals surface area contributed by atoms with E-state index in [1.165, 1.54) is 32.1 Å². The molecule has 0 aliphatic heterocycles. The summed E-state index contributed by atoms with van der Waals surface area (Å²) in [7, 11) is 1.66. The van der Waals surface area contributed by atoms with Crippen molar-refractivity contribution in [3.05, 3.63) is 24.3 Å². The van der Waals surface area contributed by atoms with Crippen LogP contribution in [-0.2, 0) is 4.79 Å². The summed E-state index contributed by atoms with van der Waals surface area (Å²) in [5.74, 6) is 1.49. The molecule has 0 atom stereocenters. The Balaban J connectivity index is 1.72. The van der Waals surface area contributed by atoms with E-state index in [2.05, 4.69) is 5.32 Å². The smallest absolute Gasteiger partial charge is 0.230 e. The highest BCUT2D eigenvalue weighted by molar-refractivity contribution is 8.00. The number of amides is 1. The highest BCUT2D eigenvalue weighted by atomic mass is 32.2. The SMILES string of the molecule is COc1ccc(SCC(=O)NC2CCCCCCC2)cc1. The molecular weight excluding hydrogens is 282 g/mol. The number of hydrogen-bond donors (Lipinski definition) is 1. The monoisotopic (exact) mass is 307 g/mol. The fraction of sp³-hybridized carbons (Fsp3) is 0.588. The third kappa shape index (κ3) is 6.00. The van der Waals surface area contributed by atoms with Gasteiger partial charge in [0.1, 0.15) is 5.75 Å². The van der Waals surface area contributed by atoms with Gasteiger partial charge in [0.15, 0.2) is 0 Å². The molecule has 0 spiro atoms. The van der Waals surface area contributed by atoms with Crippen molar-refractivity contribution in [1.29, 1.82) is 0 Å². The molecule has 0 bridgehead atoms. The van der Waals surface area contributed by atoms with Crippen LogP contribution in [0.1, 0.15) is 44.9 Å². The first-order valence-corrected chi connectivity index (χ1v) is 8.82. The van der Waals surface area contributed by atoms with Crippen molar-refractivity contribution in [3.8, 4) is 5.75 Å². The Bertz CT molecular complexity index is 425. The highest BCUT2D eigenvalue weighted by Gasteiger charge is 2.14. The predicted octanol–water partition coefficient (Wildman–Crippen LogP) is 4.02. The average Bonchev–Trinajstić information content (AvgIpc) is 2.48. The van der Waals surface area contributed by atoms with Crippen LogP contribution in [0.2, 0.25) is 0 Å². The van der Waals surface area contributed by atoms with Crippen molar-refractivity contribution in [1.82, 2.24) is 5.32 Å². The maximum absolute atomic E-state index is 12.0. The van der Waals surface area contributed by atoms with Crippen molar-refractivity contribution in [2.45, 2.75) is 55.9 Å². The topological polar surface area (TPSA) is 38.3 Å². The highest BCUT2D eigenvalue weighted by Crippen LogP contribution is 2.21. The summed E-state index contributed by atoms with van der Waals surface area (Å²) in [4.78, 5) is 13.1. The van der Waals surface area contributed by atoms with Crippen LogP contribution in [0.3, 0.4) is 0 Å². The van der Waals surface area contributed by atoms with Gasteiger partial charge in [-0.15, -0.1) is 11.8 Å². The summed E-state index contributed by atoms with van der Waals surface area (Å²) >= 11 is 1.58. The number of carbonyl (C=O) groups is 1. The van der Waals surface area contributed by atoms with E-state index in [1.54, 1.807) is 18.9 Å². The van der Waals surface area contributed by atoms with E-state index in [1.807, 2.05) is 24.3 Å². The van der Waals surface area contributed by atoms with Crippen molar-refractivity contribution >= 4 is 17.7 Å². The Morgan fingerprint density at radius 1 is 1.14 bits per heavy atom. The number of nitrogens with one attached hydrogen (secondary N) is 1. The van der Waals surface area contributed by atoms with Gasteiger partial charge in [-0.3, -0.25) is 4.79 Å². The van der Waals surface area contributed by atoms with Gasteiger partial charge in [-0.05, 0) is 37.1 Å². The van der Waals surface area contributed by atoms with Gasteiger partial charge >= 0.3 is 0 Å². The first kappa shape index (κ1) is 16.2. The first-order chi connectivity index (χ1) is 10.3. The summed E-state index contributed by atoms with van der Waals surface area (Å²) < 4.78 is 5.13. The van der Waals surface area contributed by atoms with Crippen LogP contribution in [0.4, 0.5) is 0 Å². The van der Waals surface area contributed by atoms with Gasteiger partial charge in [0.05, 0.1) is 12.9 Å². The number of carbonyl (C=O) groups excluding carboxylic acids is 1. The molecule has 3 nitrogen and oxygen atoms in total. The van der Waals surface area contributed by atoms with E-state index in [-0.39, 0.29) is 5.91 Å². The molecule has 1 aromatic rings. The maximum Gasteiger partial charge on any atom is 0.230 e. The lowest BCUT2D eigenvalue weighted by Crippen LogP contribution is -2.36. The fourth-order valence-corrected chi connectivity index (χ4v) is 3.40. The fourth-order valence-electron chi connectivity index (χ4n) is 2.69. The normalized spacial score (nSPS) is 16.8. The van der Waals surface area contributed by atoms with Crippen molar-refractivity contribution < 1.29 is 9.53 Å². The Kier molecular flexibility index (Phi) is 6.93. The molecule has 1 amide bonds. The summed E-state index contributed by atoms with van der Waals surface area (Å²) in [6.45, 7) is 0. The molecule has 1 saturated carbocycles. The molecular formula is C17H25NO2S. The number of rotatable bonds is 5. The molecule has 116 valence electrons. The number of ether oxygens (including phenoxy) is 1. The molecule has 0 heterocycles. The van der Waals surface area contributed by atoms with Gasteiger partial charge in [-0.2, -0.15) is 0 Å². The minimum absolute atomic E-state index is 0.154. The summed E-state index contributed by atoms with van der Waals surface area (Å²) in [5, 5.41) is 3.19. The standard InChI is InChI=1S/C17H25NO2S/c1-20-15-9-11-16(12-10-15)21-13-17(19)18-14-7-5-3-2-4-6-8-14/h9-12,14H,2-8,13H2,1H3,(H,18,19). The Hall–Kier alpha value is -1.16. The summed E-state index contributed by atoms with van der Waals surface area (Å²) in [6.07, 6.45) is 8.75. The number of hydrogen-bond acceptors (Lipinski definition) is 3. The molecule has 1 N–H and O–H groups in total.